The van der Waals surface area contributed by atoms with Crippen molar-refractivity contribution in [3.8, 4) is 0 Å². The lowest BCUT2D eigenvalue weighted by atomic mass is 10.2. The maximum atomic E-state index is 11.6. The van der Waals surface area contributed by atoms with E-state index in [1.807, 2.05) is 0 Å². The molecule has 0 spiro atoms. The van der Waals surface area contributed by atoms with Gasteiger partial charge in [-0.1, -0.05) is 6.08 Å². The highest BCUT2D eigenvalue weighted by Crippen LogP contribution is 2.03. The van der Waals surface area contributed by atoms with E-state index in [9.17, 15) is 9.59 Å². The molecule has 1 aromatic rings. The van der Waals surface area contributed by atoms with Gasteiger partial charge < -0.3 is 15.4 Å². The maximum absolute atomic E-state index is 11.6. The topological polar surface area (TPSA) is 95.1 Å². The SMILES string of the molecule is C=CCC(C)NC(=O)c1nc[nH]c1C(=O)O. The number of imidazole rings is 1. The molecule has 0 bridgehead atoms. The molecule has 0 saturated carbocycles. The Hall–Kier alpha value is -2.11. The van der Waals surface area contributed by atoms with Crippen LogP contribution in [0, 0.1) is 0 Å². The number of nitrogens with one attached hydrogen (secondary N) is 2. The van der Waals surface area contributed by atoms with Crippen LogP contribution in [0.3, 0.4) is 0 Å². The molecule has 0 fully saturated rings. The van der Waals surface area contributed by atoms with Crippen LogP contribution in [0.5, 0.6) is 0 Å². The number of amides is 1. The van der Waals surface area contributed by atoms with Gasteiger partial charge in [0, 0.05) is 6.04 Å². The largest absolute Gasteiger partial charge is 0.477 e. The van der Waals surface area contributed by atoms with Crippen molar-refractivity contribution in [3.63, 3.8) is 0 Å². The fraction of sp³-hybridized carbons (Fsp3) is 0.300. The van der Waals surface area contributed by atoms with Crippen LogP contribution in [-0.2, 0) is 0 Å². The van der Waals surface area contributed by atoms with Gasteiger partial charge in [-0.15, -0.1) is 6.58 Å². The fourth-order valence-corrected chi connectivity index (χ4v) is 1.23. The summed E-state index contributed by atoms with van der Waals surface area (Å²) in [6, 6.07) is -0.108. The number of H-pyrrole nitrogens is 1. The van der Waals surface area contributed by atoms with E-state index in [4.69, 9.17) is 5.11 Å². The van der Waals surface area contributed by atoms with Crippen LogP contribution in [-0.4, -0.2) is 33.0 Å². The van der Waals surface area contributed by atoms with Gasteiger partial charge in [0.1, 0.15) is 0 Å². The Bertz CT molecular complexity index is 411. The van der Waals surface area contributed by atoms with E-state index in [0.29, 0.717) is 6.42 Å². The molecule has 0 aliphatic heterocycles. The number of rotatable bonds is 5. The minimum absolute atomic E-state index is 0.108. The van der Waals surface area contributed by atoms with Crippen LogP contribution in [0.4, 0.5) is 0 Å². The van der Waals surface area contributed by atoms with Crippen LogP contribution in [0.15, 0.2) is 19.0 Å². The van der Waals surface area contributed by atoms with E-state index in [1.54, 1.807) is 13.0 Å². The molecule has 1 unspecified atom stereocenters. The van der Waals surface area contributed by atoms with Crippen molar-refractivity contribution in [2.45, 2.75) is 19.4 Å². The van der Waals surface area contributed by atoms with Crippen molar-refractivity contribution < 1.29 is 14.7 Å². The van der Waals surface area contributed by atoms with Gasteiger partial charge >= 0.3 is 5.97 Å². The van der Waals surface area contributed by atoms with Gasteiger partial charge in [-0.25, -0.2) is 9.78 Å². The Morgan fingerprint density at radius 1 is 1.75 bits per heavy atom. The smallest absolute Gasteiger partial charge is 0.354 e. The lowest BCUT2D eigenvalue weighted by Crippen LogP contribution is -2.33. The van der Waals surface area contributed by atoms with Crippen LogP contribution >= 0.6 is 0 Å². The molecule has 6 heteroatoms. The lowest BCUT2D eigenvalue weighted by molar-refractivity contribution is 0.0684. The Labute approximate surface area is 92.4 Å². The molecule has 16 heavy (non-hydrogen) atoms. The highest BCUT2D eigenvalue weighted by atomic mass is 16.4. The zero-order valence-electron chi connectivity index (χ0n) is 8.86. The van der Waals surface area contributed by atoms with E-state index in [1.165, 1.54) is 6.33 Å². The van der Waals surface area contributed by atoms with Gasteiger partial charge in [0.15, 0.2) is 11.4 Å². The van der Waals surface area contributed by atoms with Crippen molar-refractivity contribution in [1.29, 1.82) is 0 Å². The number of carbonyl (C=O) groups excluding carboxylic acids is 1. The van der Waals surface area contributed by atoms with Gasteiger partial charge in [0.2, 0.25) is 0 Å². The molecule has 0 aliphatic rings. The van der Waals surface area contributed by atoms with Crippen LogP contribution < -0.4 is 5.32 Å². The quantitative estimate of drug-likeness (QED) is 0.643. The van der Waals surface area contributed by atoms with Crippen molar-refractivity contribution in [2.24, 2.45) is 0 Å². The van der Waals surface area contributed by atoms with E-state index >= 15 is 0 Å². The third-order valence-corrected chi connectivity index (χ3v) is 1.97. The standard InChI is InChI=1S/C10H13N3O3/c1-3-4-6(2)13-9(14)7-8(10(15)16)12-5-11-7/h3,5-6H,1,4H2,2H3,(H,11,12)(H,13,14)(H,15,16). The third-order valence-electron chi connectivity index (χ3n) is 1.97. The number of hydrogen-bond donors (Lipinski definition) is 3. The number of carbonyl (C=O) groups is 2. The Kier molecular flexibility index (Phi) is 3.82. The predicted molar refractivity (Wildman–Crippen MR) is 57.3 cm³/mol. The second-order valence-corrected chi connectivity index (χ2v) is 3.33. The molecule has 0 radical (unpaired) electrons. The summed E-state index contributed by atoms with van der Waals surface area (Å²) in [7, 11) is 0. The average molecular weight is 223 g/mol. The van der Waals surface area contributed by atoms with E-state index in [0.717, 1.165) is 0 Å². The van der Waals surface area contributed by atoms with Gasteiger partial charge in [0.05, 0.1) is 6.33 Å². The zero-order chi connectivity index (χ0) is 12.1. The van der Waals surface area contributed by atoms with Crippen molar-refractivity contribution in [2.75, 3.05) is 0 Å². The molecule has 1 heterocycles. The van der Waals surface area contributed by atoms with Gasteiger partial charge in [0.25, 0.3) is 5.91 Å². The Morgan fingerprint density at radius 3 is 3.00 bits per heavy atom. The first-order valence-electron chi connectivity index (χ1n) is 4.74. The molecule has 3 N–H and O–H groups in total. The first-order valence-corrected chi connectivity index (χ1v) is 4.74. The molecule has 1 rings (SSSR count). The average Bonchev–Trinajstić information content (AvgIpc) is 2.65. The minimum Gasteiger partial charge on any atom is -0.477 e. The van der Waals surface area contributed by atoms with E-state index in [2.05, 4.69) is 21.9 Å². The Balaban J connectivity index is 2.76. The zero-order valence-corrected chi connectivity index (χ0v) is 8.86. The van der Waals surface area contributed by atoms with Crippen molar-refractivity contribution in [3.05, 3.63) is 30.4 Å². The van der Waals surface area contributed by atoms with Crippen LogP contribution in [0.25, 0.3) is 0 Å². The third kappa shape index (κ3) is 2.69. The molecular formula is C10H13N3O3. The molecule has 6 nitrogen and oxygen atoms in total. The second kappa shape index (κ2) is 5.11. The highest BCUT2D eigenvalue weighted by Gasteiger charge is 2.20. The summed E-state index contributed by atoms with van der Waals surface area (Å²) in [5.74, 6) is -1.72. The number of hydrogen-bond acceptors (Lipinski definition) is 3. The normalized spacial score (nSPS) is 11.8. The van der Waals surface area contributed by atoms with Crippen molar-refractivity contribution >= 4 is 11.9 Å². The molecule has 0 saturated heterocycles. The first kappa shape index (κ1) is 12.0. The van der Waals surface area contributed by atoms with Crippen LogP contribution in [0.1, 0.15) is 34.3 Å². The van der Waals surface area contributed by atoms with Crippen LogP contribution in [0.2, 0.25) is 0 Å². The van der Waals surface area contributed by atoms with Crippen molar-refractivity contribution in [1.82, 2.24) is 15.3 Å². The summed E-state index contributed by atoms with van der Waals surface area (Å²) in [4.78, 5) is 28.4. The molecule has 0 aliphatic carbocycles. The fourth-order valence-electron chi connectivity index (χ4n) is 1.23. The van der Waals surface area contributed by atoms with E-state index < -0.39 is 11.9 Å². The maximum Gasteiger partial charge on any atom is 0.354 e. The molecular weight excluding hydrogens is 210 g/mol. The summed E-state index contributed by atoms with van der Waals surface area (Å²) < 4.78 is 0. The van der Waals surface area contributed by atoms with Gasteiger partial charge in [-0.3, -0.25) is 4.79 Å². The molecule has 1 atom stereocenters. The summed E-state index contributed by atoms with van der Waals surface area (Å²) in [6.07, 6.45) is 3.46. The van der Waals surface area contributed by atoms with Gasteiger partial charge in [-0.2, -0.15) is 0 Å². The predicted octanol–water partition coefficient (Wildman–Crippen LogP) is 0.802. The number of aromatic amines is 1. The summed E-state index contributed by atoms with van der Waals surface area (Å²) in [5, 5.41) is 11.4. The molecule has 1 amide bonds. The van der Waals surface area contributed by atoms with E-state index in [-0.39, 0.29) is 17.4 Å². The first-order chi connectivity index (χ1) is 7.56. The number of aromatic nitrogens is 2. The second-order valence-electron chi connectivity index (χ2n) is 3.33. The summed E-state index contributed by atoms with van der Waals surface area (Å²) in [6.45, 7) is 5.35. The summed E-state index contributed by atoms with van der Waals surface area (Å²) in [5.41, 5.74) is -0.313. The Morgan fingerprint density at radius 2 is 2.44 bits per heavy atom. The molecule has 0 aromatic carbocycles. The molecule has 1 aromatic heterocycles. The van der Waals surface area contributed by atoms with Gasteiger partial charge in [-0.05, 0) is 13.3 Å². The number of carboxylic acids is 1. The minimum atomic E-state index is -1.21. The number of aromatic carboxylic acids is 1. The number of carboxylic acid groups (broad SMARTS) is 1. The summed E-state index contributed by atoms with van der Waals surface area (Å²) >= 11 is 0. The lowest BCUT2D eigenvalue weighted by Gasteiger charge is -2.10. The monoisotopic (exact) mass is 223 g/mol. The highest BCUT2D eigenvalue weighted by molar-refractivity contribution is 6.02. The molecule has 86 valence electrons. The number of nitrogens with zero attached hydrogens (tertiary/aromatic N) is 1.